The molecule has 0 aliphatic heterocycles. The van der Waals surface area contributed by atoms with Gasteiger partial charge in [-0.25, -0.2) is 0 Å². The summed E-state index contributed by atoms with van der Waals surface area (Å²) in [5, 5.41) is 5.99. The minimum Gasteiger partial charge on any atom is -0.490 e. The van der Waals surface area contributed by atoms with Crippen LogP contribution in [0, 0.1) is 0 Å². The highest BCUT2D eigenvalue weighted by Gasteiger charge is 2.20. The van der Waals surface area contributed by atoms with Crippen molar-refractivity contribution >= 4 is 17.5 Å². The van der Waals surface area contributed by atoms with Gasteiger partial charge in [-0.05, 0) is 44.0 Å². The molecule has 2 aromatic carbocycles. The minimum absolute atomic E-state index is 0.154. The number of carbonyl (C=O) groups is 2. The second-order valence-electron chi connectivity index (χ2n) is 7.35. The van der Waals surface area contributed by atoms with Crippen LogP contribution in [0.15, 0.2) is 48.5 Å². The zero-order chi connectivity index (χ0) is 21.2. The van der Waals surface area contributed by atoms with Crippen molar-refractivity contribution in [3.63, 3.8) is 0 Å². The maximum atomic E-state index is 12.9. The summed E-state index contributed by atoms with van der Waals surface area (Å²) in [6.45, 7) is 3.35. The van der Waals surface area contributed by atoms with Crippen LogP contribution in [-0.4, -0.2) is 37.7 Å². The number of ether oxygens (including phenoxy) is 2. The molecule has 1 aliphatic carbocycles. The largest absolute Gasteiger partial charge is 0.490 e. The standard InChI is InChI=1S/C24H30N2O4/c1-2-29-16-17-30-22-15-9-7-13-20(22)24(28)26-21-14-8-6-12-19(21)23(27)25-18-10-4-3-5-11-18/h6-9,12-15,18H,2-5,10-11,16-17H2,1H3,(H,25,27)(H,26,28). The monoisotopic (exact) mass is 410 g/mol. The van der Waals surface area contributed by atoms with Gasteiger partial charge < -0.3 is 20.1 Å². The third kappa shape index (κ3) is 6.07. The van der Waals surface area contributed by atoms with Crippen molar-refractivity contribution in [1.29, 1.82) is 0 Å². The van der Waals surface area contributed by atoms with E-state index in [4.69, 9.17) is 9.47 Å². The Morgan fingerprint density at radius 2 is 1.60 bits per heavy atom. The van der Waals surface area contributed by atoms with E-state index >= 15 is 0 Å². The Labute approximate surface area is 178 Å². The van der Waals surface area contributed by atoms with Crippen molar-refractivity contribution in [2.75, 3.05) is 25.1 Å². The van der Waals surface area contributed by atoms with Gasteiger partial charge >= 0.3 is 0 Å². The van der Waals surface area contributed by atoms with E-state index in [9.17, 15) is 9.59 Å². The number of carbonyl (C=O) groups excluding carboxylic acids is 2. The third-order valence-corrected chi connectivity index (χ3v) is 5.18. The lowest BCUT2D eigenvalue weighted by Gasteiger charge is -2.23. The minimum atomic E-state index is -0.320. The first kappa shape index (κ1) is 21.8. The summed E-state index contributed by atoms with van der Waals surface area (Å²) in [6, 6.07) is 14.3. The zero-order valence-corrected chi connectivity index (χ0v) is 17.5. The normalized spacial score (nSPS) is 14.2. The molecule has 2 amide bonds. The van der Waals surface area contributed by atoms with E-state index in [0.717, 1.165) is 25.7 Å². The molecule has 30 heavy (non-hydrogen) atoms. The van der Waals surface area contributed by atoms with E-state index in [0.29, 0.717) is 42.4 Å². The molecule has 0 unspecified atom stereocenters. The molecular formula is C24H30N2O4. The molecule has 0 spiro atoms. The Morgan fingerprint density at radius 1 is 0.900 bits per heavy atom. The van der Waals surface area contributed by atoms with Gasteiger partial charge in [0.15, 0.2) is 0 Å². The van der Waals surface area contributed by atoms with Gasteiger partial charge in [-0.1, -0.05) is 43.5 Å². The number of hydrogen-bond donors (Lipinski definition) is 2. The summed E-state index contributed by atoms with van der Waals surface area (Å²) in [4.78, 5) is 25.8. The van der Waals surface area contributed by atoms with Crippen molar-refractivity contribution in [3.05, 3.63) is 59.7 Å². The number of rotatable bonds is 9. The first-order chi connectivity index (χ1) is 14.7. The van der Waals surface area contributed by atoms with E-state index in [2.05, 4.69) is 10.6 Å². The fourth-order valence-electron chi connectivity index (χ4n) is 3.62. The van der Waals surface area contributed by atoms with Crippen LogP contribution >= 0.6 is 0 Å². The molecule has 0 saturated heterocycles. The molecule has 2 aromatic rings. The van der Waals surface area contributed by atoms with Gasteiger partial charge in [0.1, 0.15) is 12.4 Å². The smallest absolute Gasteiger partial charge is 0.259 e. The van der Waals surface area contributed by atoms with Crippen molar-refractivity contribution in [2.24, 2.45) is 0 Å². The lowest BCUT2D eigenvalue weighted by molar-refractivity contribution is 0.0928. The molecule has 0 radical (unpaired) electrons. The summed E-state index contributed by atoms with van der Waals surface area (Å²) in [5.74, 6) is 0.0119. The third-order valence-electron chi connectivity index (χ3n) is 5.18. The first-order valence-corrected chi connectivity index (χ1v) is 10.7. The van der Waals surface area contributed by atoms with Crippen molar-refractivity contribution in [3.8, 4) is 5.75 Å². The van der Waals surface area contributed by atoms with Crippen LogP contribution in [0.5, 0.6) is 5.75 Å². The molecule has 0 atom stereocenters. The fraction of sp³-hybridized carbons (Fsp3) is 0.417. The Kier molecular flexibility index (Phi) is 8.27. The summed E-state index contributed by atoms with van der Waals surface area (Å²) in [5.41, 5.74) is 1.36. The molecular weight excluding hydrogens is 380 g/mol. The number of hydrogen-bond acceptors (Lipinski definition) is 4. The fourth-order valence-corrected chi connectivity index (χ4v) is 3.62. The van der Waals surface area contributed by atoms with Gasteiger partial charge in [-0.2, -0.15) is 0 Å². The Bertz CT molecular complexity index is 847. The van der Waals surface area contributed by atoms with Gasteiger partial charge in [0.2, 0.25) is 0 Å². The van der Waals surface area contributed by atoms with Crippen molar-refractivity contribution in [1.82, 2.24) is 5.32 Å². The molecule has 1 saturated carbocycles. The van der Waals surface area contributed by atoms with Crippen molar-refractivity contribution < 1.29 is 19.1 Å². The molecule has 3 rings (SSSR count). The number of benzene rings is 2. The first-order valence-electron chi connectivity index (χ1n) is 10.7. The number of para-hydroxylation sites is 2. The molecule has 0 heterocycles. The van der Waals surface area contributed by atoms with Gasteiger partial charge in [-0.15, -0.1) is 0 Å². The van der Waals surface area contributed by atoms with Crippen LogP contribution in [-0.2, 0) is 4.74 Å². The van der Waals surface area contributed by atoms with Crippen LogP contribution in [0.3, 0.4) is 0 Å². The highest BCUT2D eigenvalue weighted by atomic mass is 16.5. The Hall–Kier alpha value is -2.86. The highest BCUT2D eigenvalue weighted by Crippen LogP contribution is 2.23. The summed E-state index contributed by atoms with van der Waals surface area (Å²) >= 11 is 0. The molecule has 6 heteroatoms. The summed E-state index contributed by atoms with van der Waals surface area (Å²) in [7, 11) is 0. The maximum Gasteiger partial charge on any atom is 0.259 e. The highest BCUT2D eigenvalue weighted by molar-refractivity contribution is 6.10. The van der Waals surface area contributed by atoms with Crippen LogP contribution in [0.25, 0.3) is 0 Å². The lowest BCUT2D eigenvalue weighted by atomic mass is 9.95. The molecule has 6 nitrogen and oxygen atoms in total. The topological polar surface area (TPSA) is 76.7 Å². The molecule has 2 N–H and O–H groups in total. The van der Waals surface area contributed by atoms with E-state index < -0.39 is 0 Å². The summed E-state index contributed by atoms with van der Waals surface area (Å²) in [6.07, 6.45) is 5.53. The molecule has 0 aromatic heterocycles. The Morgan fingerprint density at radius 3 is 2.37 bits per heavy atom. The van der Waals surface area contributed by atoms with Gasteiger partial charge in [0.05, 0.1) is 23.4 Å². The lowest BCUT2D eigenvalue weighted by Crippen LogP contribution is -2.36. The number of anilines is 1. The average molecular weight is 411 g/mol. The van der Waals surface area contributed by atoms with Gasteiger partial charge in [-0.3, -0.25) is 9.59 Å². The van der Waals surface area contributed by atoms with Crippen LogP contribution in [0.4, 0.5) is 5.69 Å². The second-order valence-corrected chi connectivity index (χ2v) is 7.35. The zero-order valence-electron chi connectivity index (χ0n) is 17.5. The number of nitrogens with one attached hydrogen (secondary N) is 2. The molecule has 1 fully saturated rings. The van der Waals surface area contributed by atoms with Crippen LogP contribution < -0.4 is 15.4 Å². The summed E-state index contributed by atoms with van der Waals surface area (Å²) < 4.78 is 11.0. The van der Waals surface area contributed by atoms with Crippen molar-refractivity contribution in [2.45, 2.75) is 45.1 Å². The quantitative estimate of drug-likeness (QED) is 0.600. The van der Waals surface area contributed by atoms with E-state index in [1.807, 2.05) is 13.0 Å². The van der Waals surface area contributed by atoms with E-state index in [1.165, 1.54) is 6.42 Å². The molecule has 160 valence electrons. The van der Waals surface area contributed by atoms with Crippen LogP contribution in [0.1, 0.15) is 59.7 Å². The van der Waals surface area contributed by atoms with Gasteiger partial charge in [0.25, 0.3) is 11.8 Å². The number of amides is 2. The molecule has 0 bridgehead atoms. The average Bonchev–Trinajstić information content (AvgIpc) is 2.78. The van der Waals surface area contributed by atoms with E-state index in [1.54, 1.807) is 42.5 Å². The Balaban J connectivity index is 1.69. The second kappa shape index (κ2) is 11.4. The van der Waals surface area contributed by atoms with E-state index in [-0.39, 0.29) is 17.9 Å². The SMILES string of the molecule is CCOCCOc1ccccc1C(=O)Nc1ccccc1C(=O)NC1CCCCC1. The predicted octanol–water partition coefficient (Wildman–Crippen LogP) is 4.42. The van der Waals surface area contributed by atoms with Crippen LogP contribution in [0.2, 0.25) is 0 Å². The predicted molar refractivity (Wildman–Crippen MR) is 117 cm³/mol. The van der Waals surface area contributed by atoms with Gasteiger partial charge in [0, 0.05) is 12.6 Å². The maximum absolute atomic E-state index is 12.9. The molecule has 1 aliphatic rings.